The molecule has 110 valence electrons. The highest BCUT2D eigenvalue weighted by atomic mass is 16.5. The molecule has 2 aromatic rings. The molecule has 2 atom stereocenters. The molecule has 1 N–H and O–H groups in total. The van der Waals surface area contributed by atoms with Gasteiger partial charge in [-0.25, -0.2) is 0 Å². The first kappa shape index (κ1) is 13.8. The van der Waals surface area contributed by atoms with E-state index in [4.69, 9.17) is 4.74 Å². The van der Waals surface area contributed by atoms with Crippen molar-refractivity contribution in [3.05, 3.63) is 42.2 Å². The Balaban J connectivity index is 1.67. The monoisotopic (exact) mass is 286 g/mol. The van der Waals surface area contributed by atoms with E-state index in [-0.39, 0.29) is 18.1 Å². The molecule has 0 bridgehead atoms. The molecule has 1 aromatic carbocycles. The highest BCUT2D eigenvalue weighted by Gasteiger charge is 2.24. The van der Waals surface area contributed by atoms with Gasteiger partial charge in [0, 0.05) is 6.61 Å². The molecule has 0 aliphatic carbocycles. The number of benzene rings is 1. The SMILES string of the molecule is C[C@H](NC(=O)c1cnn(-c2ccccc2)n1)[C@@H]1CCCO1. The summed E-state index contributed by atoms with van der Waals surface area (Å²) in [4.78, 5) is 13.6. The molecule has 0 saturated carbocycles. The highest BCUT2D eigenvalue weighted by Crippen LogP contribution is 2.15. The minimum atomic E-state index is -0.222. The van der Waals surface area contributed by atoms with Crippen LogP contribution in [0.4, 0.5) is 0 Å². The topological polar surface area (TPSA) is 69.0 Å². The summed E-state index contributed by atoms with van der Waals surface area (Å²) in [6, 6.07) is 9.47. The lowest BCUT2D eigenvalue weighted by molar-refractivity contribution is 0.0709. The molecule has 6 heteroatoms. The number of para-hydroxylation sites is 1. The van der Waals surface area contributed by atoms with Crippen LogP contribution < -0.4 is 5.32 Å². The Hall–Kier alpha value is -2.21. The van der Waals surface area contributed by atoms with Crippen LogP contribution in [-0.4, -0.2) is 39.7 Å². The number of hydrogen-bond donors (Lipinski definition) is 1. The van der Waals surface area contributed by atoms with Gasteiger partial charge in [0.25, 0.3) is 5.91 Å². The van der Waals surface area contributed by atoms with E-state index in [2.05, 4.69) is 15.5 Å². The van der Waals surface area contributed by atoms with Crippen molar-refractivity contribution < 1.29 is 9.53 Å². The molecule has 2 heterocycles. The number of nitrogens with zero attached hydrogens (tertiary/aromatic N) is 3. The molecule has 3 rings (SSSR count). The van der Waals surface area contributed by atoms with E-state index < -0.39 is 0 Å². The van der Waals surface area contributed by atoms with Gasteiger partial charge in [-0.05, 0) is 31.9 Å². The average Bonchev–Trinajstić information content (AvgIpc) is 3.20. The third-order valence-corrected chi connectivity index (χ3v) is 3.59. The maximum atomic E-state index is 12.2. The zero-order valence-corrected chi connectivity index (χ0v) is 11.9. The van der Waals surface area contributed by atoms with Gasteiger partial charge < -0.3 is 10.1 Å². The molecule has 1 saturated heterocycles. The number of carbonyl (C=O) groups is 1. The molecular weight excluding hydrogens is 268 g/mol. The average molecular weight is 286 g/mol. The van der Waals surface area contributed by atoms with Crippen LogP contribution in [0.2, 0.25) is 0 Å². The number of hydrogen-bond acceptors (Lipinski definition) is 4. The standard InChI is InChI=1S/C15H18N4O2/c1-11(14-8-5-9-21-14)17-15(20)13-10-16-19(18-13)12-6-3-2-4-7-12/h2-4,6-7,10-11,14H,5,8-9H2,1H3,(H,17,20)/t11-,14-/m0/s1. The second kappa shape index (κ2) is 6.05. The molecule has 21 heavy (non-hydrogen) atoms. The van der Waals surface area contributed by atoms with Crippen LogP contribution in [0, 0.1) is 0 Å². The molecule has 6 nitrogen and oxygen atoms in total. The first-order chi connectivity index (χ1) is 10.2. The Kier molecular flexibility index (Phi) is 3.96. The van der Waals surface area contributed by atoms with Crippen LogP contribution in [0.1, 0.15) is 30.3 Å². The van der Waals surface area contributed by atoms with Crippen molar-refractivity contribution in [2.45, 2.75) is 31.9 Å². The third-order valence-electron chi connectivity index (χ3n) is 3.59. The van der Waals surface area contributed by atoms with E-state index in [0.717, 1.165) is 25.1 Å². The van der Waals surface area contributed by atoms with E-state index in [9.17, 15) is 4.79 Å². The van der Waals surface area contributed by atoms with Crippen LogP contribution in [0.15, 0.2) is 36.5 Å². The van der Waals surface area contributed by atoms with Crippen LogP contribution in [-0.2, 0) is 4.74 Å². The molecule has 0 radical (unpaired) electrons. The van der Waals surface area contributed by atoms with E-state index in [1.807, 2.05) is 37.3 Å². The van der Waals surface area contributed by atoms with E-state index in [0.29, 0.717) is 5.69 Å². The summed E-state index contributed by atoms with van der Waals surface area (Å²) in [5.74, 6) is -0.222. The molecule has 0 unspecified atom stereocenters. The first-order valence-electron chi connectivity index (χ1n) is 7.14. The molecule has 1 amide bonds. The molecule has 1 aromatic heterocycles. The highest BCUT2D eigenvalue weighted by molar-refractivity contribution is 5.92. The van der Waals surface area contributed by atoms with Crippen LogP contribution in [0.5, 0.6) is 0 Å². The Bertz CT molecular complexity index is 605. The van der Waals surface area contributed by atoms with Crippen LogP contribution in [0.3, 0.4) is 0 Å². The van der Waals surface area contributed by atoms with Gasteiger partial charge in [0.2, 0.25) is 0 Å². The van der Waals surface area contributed by atoms with Gasteiger partial charge in [0.1, 0.15) is 0 Å². The quantitative estimate of drug-likeness (QED) is 0.926. The van der Waals surface area contributed by atoms with Crippen LogP contribution >= 0.6 is 0 Å². The first-order valence-corrected chi connectivity index (χ1v) is 7.14. The third kappa shape index (κ3) is 3.11. The lowest BCUT2D eigenvalue weighted by atomic mass is 10.1. The fraction of sp³-hybridized carbons (Fsp3) is 0.400. The van der Waals surface area contributed by atoms with Gasteiger partial charge in [-0.2, -0.15) is 9.90 Å². The lowest BCUT2D eigenvalue weighted by Crippen LogP contribution is -2.41. The van der Waals surface area contributed by atoms with Crippen molar-refractivity contribution >= 4 is 5.91 Å². The Morgan fingerprint density at radius 2 is 2.24 bits per heavy atom. The maximum Gasteiger partial charge on any atom is 0.273 e. The summed E-state index contributed by atoms with van der Waals surface area (Å²) in [5, 5.41) is 11.3. The smallest absolute Gasteiger partial charge is 0.273 e. The molecule has 0 spiro atoms. The summed E-state index contributed by atoms with van der Waals surface area (Å²) >= 11 is 0. The van der Waals surface area contributed by atoms with Gasteiger partial charge in [0.15, 0.2) is 5.69 Å². The number of aromatic nitrogens is 3. The Morgan fingerprint density at radius 3 is 2.95 bits per heavy atom. The minimum absolute atomic E-state index is 0.0260. The fourth-order valence-corrected chi connectivity index (χ4v) is 2.42. The molecular formula is C15H18N4O2. The van der Waals surface area contributed by atoms with Crippen molar-refractivity contribution in [3.8, 4) is 5.69 Å². The van der Waals surface area contributed by atoms with Crippen molar-refractivity contribution in [1.29, 1.82) is 0 Å². The van der Waals surface area contributed by atoms with E-state index >= 15 is 0 Å². The van der Waals surface area contributed by atoms with Crippen molar-refractivity contribution in [2.75, 3.05) is 6.61 Å². The fourth-order valence-electron chi connectivity index (χ4n) is 2.42. The number of ether oxygens (including phenoxy) is 1. The second-order valence-electron chi connectivity index (χ2n) is 5.17. The van der Waals surface area contributed by atoms with Gasteiger partial charge in [-0.15, -0.1) is 5.10 Å². The van der Waals surface area contributed by atoms with Crippen molar-refractivity contribution in [2.24, 2.45) is 0 Å². The second-order valence-corrected chi connectivity index (χ2v) is 5.17. The Morgan fingerprint density at radius 1 is 1.43 bits per heavy atom. The zero-order valence-electron chi connectivity index (χ0n) is 11.9. The van der Waals surface area contributed by atoms with Crippen molar-refractivity contribution in [3.63, 3.8) is 0 Å². The number of amides is 1. The predicted octanol–water partition coefficient (Wildman–Crippen LogP) is 1.56. The van der Waals surface area contributed by atoms with E-state index in [1.165, 1.54) is 11.0 Å². The summed E-state index contributed by atoms with van der Waals surface area (Å²) in [5.41, 5.74) is 1.13. The summed E-state index contributed by atoms with van der Waals surface area (Å²) < 4.78 is 5.57. The Labute approximate surface area is 123 Å². The molecule has 1 fully saturated rings. The minimum Gasteiger partial charge on any atom is -0.376 e. The van der Waals surface area contributed by atoms with E-state index in [1.54, 1.807) is 0 Å². The van der Waals surface area contributed by atoms with Crippen LogP contribution in [0.25, 0.3) is 5.69 Å². The normalized spacial score (nSPS) is 19.4. The number of carbonyl (C=O) groups excluding carboxylic acids is 1. The number of rotatable bonds is 4. The van der Waals surface area contributed by atoms with Crippen molar-refractivity contribution in [1.82, 2.24) is 20.3 Å². The maximum absolute atomic E-state index is 12.2. The largest absolute Gasteiger partial charge is 0.376 e. The summed E-state index contributed by atoms with van der Waals surface area (Å²) in [6.45, 7) is 2.73. The summed E-state index contributed by atoms with van der Waals surface area (Å²) in [6.07, 6.45) is 3.61. The van der Waals surface area contributed by atoms with Gasteiger partial charge in [-0.3, -0.25) is 4.79 Å². The molecule has 1 aliphatic heterocycles. The number of nitrogens with one attached hydrogen (secondary N) is 1. The summed E-state index contributed by atoms with van der Waals surface area (Å²) in [7, 11) is 0. The molecule has 1 aliphatic rings. The lowest BCUT2D eigenvalue weighted by Gasteiger charge is -2.19. The predicted molar refractivity (Wildman–Crippen MR) is 77.3 cm³/mol. The van der Waals surface area contributed by atoms with Gasteiger partial charge in [-0.1, -0.05) is 18.2 Å². The van der Waals surface area contributed by atoms with Gasteiger partial charge >= 0.3 is 0 Å². The van der Waals surface area contributed by atoms with Gasteiger partial charge in [0.05, 0.1) is 24.0 Å². The zero-order chi connectivity index (χ0) is 14.7.